The molecule has 0 aliphatic carbocycles. The lowest BCUT2D eigenvalue weighted by atomic mass is 10.2. The molecule has 0 heterocycles. The molecule has 1 amide bonds. The van der Waals surface area contributed by atoms with Crippen molar-refractivity contribution < 1.29 is 14.3 Å². The Morgan fingerprint density at radius 2 is 1.92 bits per heavy atom. The molecule has 13 heavy (non-hydrogen) atoms. The Labute approximate surface area is 78.6 Å². The number of Topliss-reactive ketones (excluding diaryl/α,β-unsaturated/α-hetero) is 1. The summed E-state index contributed by atoms with van der Waals surface area (Å²) in [5, 5.41) is 2.62. The topological polar surface area (TPSA) is 55.4 Å². The van der Waals surface area contributed by atoms with Gasteiger partial charge in [-0.15, -0.1) is 0 Å². The predicted octanol–water partition coefficient (Wildman–Crippen LogP) is 0.710. The van der Waals surface area contributed by atoms with Crippen molar-refractivity contribution in [3.8, 4) is 0 Å². The maximum atomic E-state index is 11.1. The normalized spacial score (nSPS) is 12.7. The first kappa shape index (κ1) is 12.1. The number of carbonyl (C=O) groups excluding carboxylic acids is 2. The van der Waals surface area contributed by atoms with E-state index in [1.165, 1.54) is 14.0 Å². The number of ketones is 1. The SMILES string of the molecule is COC(NC(=O)CC(C)=O)C(C)C. The molecule has 4 heteroatoms. The van der Waals surface area contributed by atoms with Crippen LogP contribution < -0.4 is 5.32 Å². The minimum absolute atomic E-state index is 0.0768. The lowest BCUT2D eigenvalue weighted by molar-refractivity contribution is -0.130. The zero-order chi connectivity index (χ0) is 10.4. The molecule has 0 aromatic heterocycles. The first-order chi connectivity index (χ1) is 5.97. The van der Waals surface area contributed by atoms with Crippen molar-refractivity contribution >= 4 is 11.7 Å². The summed E-state index contributed by atoms with van der Waals surface area (Å²) in [6.07, 6.45) is -0.390. The summed E-state index contributed by atoms with van der Waals surface area (Å²) in [6.45, 7) is 5.25. The fourth-order valence-electron chi connectivity index (χ4n) is 0.934. The van der Waals surface area contributed by atoms with Gasteiger partial charge < -0.3 is 10.1 Å². The van der Waals surface area contributed by atoms with E-state index in [0.29, 0.717) is 0 Å². The lowest BCUT2D eigenvalue weighted by Crippen LogP contribution is -2.40. The van der Waals surface area contributed by atoms with Gasteiger partial charge in [0.25, 0.3) is 0 Å². The van der Waals surface area contributed by atoms with Crippen LogP contribution in [0.5, 0.6) is 0 Å². The molecule has 76 valence electrons. The van der Waals surface area contributed by atoms with E-state index >= 15 is 0 Å². The van der Waals surface area contributed by atoms with Crippen molar-refractivity contribution in [2.24, 2.45) is 5.92 Å². The number of rotatable bonds is 5. The Hall–Kier alpha value is -0.900. The van der Waals surface area contributed by atoms with E-state index in [0.717, 1.165) is 0 Å². The number of methoxy groups -OCH3 is 1. The number of hydrogen-bond donors (Lipinski definition) is 1. The highest BCUT2D eigenvalue weighted by atomic mass is 16.5. The fraction of sp³-hybridized carbons (Fsp3) is 0.778. The van der Waals surface area contributed by atoms with Gasteiger partial charge in [-0.3, -0.25) is 9.59 Å². The number of hydrogen-bond acceptors (Lipinski definition) is 3. The van der Waals surface area contributed by atoms with Gasteiger partial charge in [-0.1, -0.05) is 13.8 Å². The maximum absolute atomic E-state index is 11.1. The second-order valence-electron chi connectivity index (χ2n) is 3.35. The summed E-state index contributed by atoms with van der Waals surface area (Å²) in [7, 11) is 1.53. The van der Waals surface area contributed by atoms with E-state index in [-0.39, 0.29) is 30.3 Å². The largest absolute Gasteiger partial charge is 0.361 e. The summed E-state index contributed by atoms with van der Waals surface area (Å²) >= 11 is 0. The van der Waals surface area contributed by atoms with Crippen LogP contribution in [0.1, 0.15) is 27.2 Å². The zero-order valence-electron chi connectivity index (χ0n) is 8.59. The molecule has 0 saturated carbocycles. The highest BCUT2D eigenvalue weighted by molar-refractivity contribution is 5.96. The highest BCUT2D eigenvalue weighted by Gasteiger charge is 2.15. The third-order valence-corrected chi connectivity index (χ3v) is 1.57. The van der Waals surface area contributed by atoms with Gasteiger partial charge in [0, 0.05) is 7.11 Å². The predicted molar refractivity (Wildman–Crippen MR) is 49.1 cm³/mol. The quantitative estimate of drug-likeness (QED) is 0.509. The van der Waals surface area contributed by atoms with E-state index in [1.807, 2.05) is 13.8 Å². The molecule has 0 aromatic carbocycles. The van der Waals surface area contributed by atoms with Crippen LogP contribution >= 0.6 is 0 Å². The molecule has 0 saturated heterocycles. The van der Waals surface area contributed by atoms with Crippen LogP contribution in [0.3, 0.4) is 0 Å². The molecule has 1 N–H and O–H groups in total. The van der Waals surface area contributed by atoms with E-state index in [4.69, 9.17) is 4.74 Å². The van der Waals surface area contributed by atoms with Crippen molar-refractivity contribution in [2.45, 2.75) is 33.4 Å². The molecule has 0 radical (unpaired) electrons. The van der Waals surface area contributed by atoms with Gasteiger partial charge in [0.05, 0.1) is 6.42 Å². The van der Waals surface area contributed by atoms with Gasteiger partial charge in [0.1, 0.15) is 12.0 Å². The van der Waals surface area contributed by atoms with E-state index in [1.54, 1.807) is 0 Å². The fourth-order valence-corrected chi connectivity index (χ4v) is 0.934. The Kier molecular flexibility index (Phi) is 5.30. The van der Waals surface area contributed by atoms with E-state index in [2.05, 4.69) is 5.32 Å². The molecule has 0 rings (SSSR count). The average Bonchev–Trinajstić information content (AvgIpc) is 1.98. The lowest BCUT2D eigenvalue weighted by Gasteiger charge is -2.20. The van der Waals surface area contributed by atoms with Gasteiger partial charge in [0.2, 0.25) is 5.91 Å². The third-order valence-electron chi connectivity index (χ3n) is 1.57. The number of ether oxygens (including phenoxy) is 1. The van der Waals surface area contributed by atoms with E-state index < -0.39 is 0 Å². The van der Waals surface area contributed by atoms with Crippen molar-refractivity contribution in [2.75, 3.05) is 7.11 Å². The van der Waals surface area contributed by atoms with Gasteiger partial charge >= 0.3 is 0 Å². The first-order valence-electron chi connectivity index (χ1n) is 4.29. The standard InChI is InChI=1S/C9H17NO3/c1-6(2)9(13-4)10-8(12)5-7(3)11/h6,9H,5H2,1-4H3,(H,10,12). The summed E-state index contributed by atoms with van der Waals surface area (Å²) in [4.78, 5) is 21.7. The summed E-state index contributed by atoms with van der Waals surface area (Å²) < 4.78 is 5.02. The molecule has 0 aliphatic rings. The average molecular weight is 187 g/mol. The molecule has 4 nitrogen and oxygen atoms in total. The van der Waals surface area contributed by atoms with Gasteiger partial charge in [-0.25, -0.2) is 0 Å². The molecule has 1 atom stereocenters. The minimum atomic E-state index is -0.313. The second-order valence-corrected chi connectivity index (χ2v) is 3.35. The van der Waals surface area contributed by atoms with Crippen LogP contribution in [-0.2, 0) is 14.3 Å². The number of nitrogens with one attached hydrogen (secondary N) is 1. The molecule has 0 aromatic rings. The number of carbonyl (C=O) groups is 2. The van der Waals surface area contributed by atoms with E-state index in [9.17, 15) is 9.59 Å². The minimum Gasteiger partial charge on any atom is -0.361 e. The Bertz CT molecular complexity index is 189. The monoisotopic (exact) mass is 187 g/mol. The molecule has 0 fully saturated rings. The van der Waals surface area contributed by atoms with Crippen molar-refractivity contribution in [1.29, 1.82) is 0 Å². The Balaban J connectivity index is 3.94. The molecule has 0 spiro atoms. The Morgan fingerprint density at radius 3 is 2.23 bits per heavy atom. The highest BCUT2D eigenvalue weighted by Crippen LogP contribution is 2.01. The second kappa shape index (κ2) is 5.70. The van der Waals surface area contributed by atoms with Crippen LogP contribution in [0, 0.1) is 5.92 Å². The van der Waals surface area contributed by atoms with Crippen molar-refractivity contribution in [3.05, 3.63) is 0 Å². The zero-order valence-corrected chi connectivity index (χ0v) is 8.59. The van der Waals surface area contributed by atoms with Crippen molar-refractivity contribution in [3.63, 3.8) is 0 Å². The smallest absolute Gasteiger partial charge is 0.229 e. The number of amides is 1. The first-order valence-corrected chi connectivity index (χ1v) is 4.29. The van der Waals surface area contributed by atoms with Gasteiger partial charge in [0.15, 0.2) is 0 Å². The molecule has 0 bridgehead atoms. The Morgan fingerprint density at radius 1 is 1.38 bits per heavy atom. The van der Waals surface area contributed by atoms with Crippen LogP contribution in [0.15, 0.2) is 0 Å². The molecule has 1 unspecified atom stereocenters. The maximum Gasteiger partial charge on any atom is 0.229 e. The summed E-state index contributed by atoms with van der Waals surface area (Å²) in [6, 6.07) is 0. The van der Waals surface area contributed by atoms with Crippen LogP contribution in [0.4, 0.5) is 0 Å². The summed E-state index contributed by atoms with van der Waals surface area (Å²) in [5.74, 6) is -0.231. The molecular weight excluding hydrogens is 170 g/mol. The third kappa shape index (κ3) is 5.36. The molecular formula is C9H17NO3. The van der Waals surface area contributed by atoms with Crippen LogP contribution in [0.2, 0.25) is 0 Å². The molecule has 0 aliphatic heterocycles. The van der Waals surface area contributed by atoms with Crippen molar-refractivity contribution in [1.82, 2.24) is 5.32 Å². The van der Waals surface area contributed by atoms with Gasteiger partial charge in [-0.2, -0.15) is 0 Å². The van der Waals surface area contributed by atoms with Gasteiger partial charge in [-0.05, 0) is 12.8 Å². The van der Waals surface area contributed by atoms with Crippen LogP contribution in [0.25, 0.3) is 0 Å². The summed E-state index contributed by atoms with van der Waals surface area (Å²) in [5.41, 5.74) is 0. The van der Waals surface area contributed by atoms with Crippen LogP contribution in [-0.4, -0.2) is 25.0 Å².